The van der Waals surface area contributed by atoms with E-state index in [1.54, 1.807) is 18.4 Å². The minimum Gasteiger partial charge on any atom is -0.459 e. The SMILES string of the molecule is CC(C)CCN(CCC(C)C)C(=O)c1ccco1. The Morgan fingerprint density at radius 2 is 1.72 bits per heavy atom. The van der Waals surface area contributed by atoms with Gasteiger partial charge in [0.2, 0.25) is 0 Å². The highest BCUT2D eigenvalue weighted by Crippen LogP contribution is 2.11. The van der Waals surface area contributed by atoms with Gasteiger partial charge in [-0.1, -0.05) is 27.7 Å². The lowest BCUT2D eigenvalue weighted by Gasteiger charge is -2.23. The lowest BCUT2D eigenvalue weighted by molar-refractivity contribution is 0.0708. The number of nitrogens with zero attached hydrogens (tertiary/aromatic N) is 1. The van der Waals surface area contributed by atoms with Gasteiger partial charge in [-0.3, -0.25) is 4.79 Å². The number of rotatable bonds is 7. The van der Waals surface area contributed by atoms with Gasteiger partial charge in [0.1, 0.15) is 0 Å². The van der Waals surface area contributed by atoms with E-state index >= 15 is 0 Å². The fraction of sp³-hybridized carbons (Fsp3) is 0.667. The van der Waals surface area contributed by atoms with Crippen LogP contribution in [-0.2, 0) is 0 Å². The molecule has 18 heavy (non-hydrogen) atoms. The molecule has 0 atom stereocenters. The zero-order valence-corrected chi connectivity index (χ0v) is 12.0. The van der Waals surface area contributed by atoms with Gasteiger partial charge in [0.15, 0.2) is 5.76 Å². The predicted molar refractivity (Wildman–Crippen MR) is 73.5 cm³/mol. The van der Waals surface area contributed by atoms with Crippen LogP contribution < -0.4 is 0 Å². The van der Waals surface area contributed by atoms with Gasteiger partial charge in [-0.25, -0.2) is 0 Å². The van der Waals surface area contributed by atoms with Crippen LogP contribution in [-0.4, -0.2) is 23.9 Å². The maximum Gasteiger partial charge on any atom is 0.289 e. The fourth-order valence-electron chi connectivity index (χ4n) is 1.70. The lowest BCUT2D eigenvalue weighted by Crippen LogP contribution is -2.33. The lowest BCUT2D eigenvalue weighted by atomic mass is 10.1. The quantitative estimate of drug-likeness (QED) is 0.738. The molecule has 1 rings (SSSR count). The first kappa shape index (κ1) is 14.8. The molecule has 0 aliphatic heterocycles. The number of carbonyl (C=O) groups excluding carboxylic acids is 1. The van der Waals surface area contributed by atoms with Gasteiger partial charge in [0.25, 0.3) is 5.91 Å². The van der Waals surface area contributed by atoms with E-state index in [4.69, 9.17) is 4.42 Å². The first-order valence-electron chi connectivity index (χ1n) is 6.83. The second-order valence-corrected chi connectivity index (χ2v) is 5.63. The van der Waals surface area contributed by atoms with E-state index in [1.807, 2.05) is 4.90 Å². The molecular formula is C15H25NO2. The number of furan rings is 1. The second-order valence-electron chi connectivity index (χ2n) is 5.63. The number of carbonyl (C=O) groups is 1. The minimum absolute atomic E-state index is 0.0151. The summed E-state index contributed by atoms with van der Waals surface area (Å²) in [6.45, 7) is 10.3. The Labute approximate surface area is 110 Å². The largest absolute Gasteiger partial charge is 0.459 e. The van der Waals surface area contributed by atoms with Crippen molar-refractivity contribution in [3.05, 3.63) is 24.2 Å². The summed E-state index contributed by atoms with van der Waals surface area (Å²) >= 11 is 0. The van der Waals surface area contributed by atoms with Crippen LogP contribution in [0.2, 0.25) is 0 Å². The number of hydrogen-bond donors (Lipinski definition) is 0. The molecule has 3 heteroatoms. The van der Waals surface area contributed by atoms with Crippen molar-refractivity contribution in [2.75, 3.05) is 13.1 Å². The van der Waals surface area contributed by atoms with Crippen LogP contribution in [0.4, 0.5) is 0 Å². The molecule has 0 bridgehead atoms. The van der Waals surface area contributed by atoms with Crippen molar-refractivity contribution >= 4 is 5.91 Å². The number of hydrogen-bond acceptors (Lipinski definition) is 2. The Hall–Kier alpha value is -1.25. The molecule has 0 radical (unpaired) electrons. The Morgan fingerprint density at radius 3 is 2.11 bits per heavy atom. The van der Waals surface area contributed by atoms with E-state index in [-0.39, 0.29) is 5.91 Å². The molecule has 1 heterocycles. The van der Waals surface area contributed by atoms with Crippen molar-refractivity contribution in [1.29, 1.82) is 0 Å². The van der Waals surface area contributed by atoms with Crippen molar-refractivity contribution in [3.63, 3.8) is 0 Å². The van der Waals surface area contributed by atoms with Crippen molar-refractivity contribution < 1.29 is 9.21 Å². The van der Waals surface area contributed by atoms with Gasteiger partial charge in [-0.2, -0.15) is 0 Å². The maximum atomic E-state index is 12.3. The minimum atomic E-state index is 0.0151. The van der Waals surface area contributed by atoms with Crippen molar-refractivity contribution in [1.82, 2.24) is 4.90 Å². The molecule has 0 fully saturated rings. The molecular weight excluding hydrogens is 226 g/mol. The van der Waals surface area contributed by atoms with Gasteiger partial charge in [0, 0.05) is 13.1 Å². The van der Waals surface area contributed by atoms with E-state index in [9.17, 15) is 4.79 Å². The average molecular weight is 251 g/mol. The number of amides is 1. The van der Waals surface area contributed by atoms with Gasteiger partial charge in [-0.15, -0.1) is 0 Å². The Kier molecular flexibility index (Phi) is 5.96. The topological polar surface area (TPSA) is 33.5 Å². The summed E-state index contributed by atoms with van der Waals surface area (Å²) in [6, 6.07) is 3.50. The molecule has 0 spiro atoms. The Bertz CT molecular complexity index is 329. The summed E-state index contributed by atoms with van der Waals surface area (Å²) in [6.07, 6.45) is 3.62. The van der Waals surface area contributed by atoms with Crippen LogP contribution in [0.1, 0.15) is 51.1 Å². The first-order valence-corrected chi connectivity index (χ1v) is 6.83. The second kappa shape index (κ2) is 7.24. The molecule has 0 unspecified atom stereocenters. The smallest absolute Gasteiger partial charge is 0.289 e. The van der Waals surface area contributed by atoms with Crippen LogP contribution in [0.5, 0.6) is 0 Å². The normalized spacial score (nSPS) is 11.2. The van der Waals surface area contributed by atoms with Crippen LogP contribution in [0.25, 0.3) is 0 Å². The van der Waals surface area contributed by atoms with Crippen LogP contribution >= 0.6 is 0 Å². The Balaban J connectivity index is 2.60. The standard InChI is InChI=1S/C15H25NO2/c1-12(2)7-9-16(10-8-13(3)4)15(17)14-6-5-11-18-14/h5-6,11-13H,7-10H2,1-4H3. The van der Waals surface area contributed by atoms with Crippen LogP contribution in [0.3, 0.4) is 0 Å². The summed E-state index contributed by atoms with van der Waals surface area (Å²) in [5, 5.41) is 0. The zero-order chi connectivity index (χ0) is 13.5. The van der Waals surface area contributed by atoms with Crippen LogP contribution in [0, 0.1) is 11.8 Å². The maximum absolute atomic E-state index is 12.3. The van der Waals surface area contributed by atoms with E-state index in [0.29, 0.717) is 17.6 Å². The van der Waals surface area contributed by atoms with Gasteiger partial charge in [-0.05, 0) is 36.8 Å². The molecule has 0 saturated carbocycles. The summed E-state index contributed by atoms with van der Waals surface area (Å²) in [4.78, 5) is 14.2. The monoisotopic (exact) mass is 251 g/mol. The average Bonchev–Trinajstić information content (AvgIpc) is 2.81. The molecule has 1 aromatic heterocycles. The first-order chi connectivity index (χ1) is 8.50. The van der Waals surface area contributed by atoms with Gasteiger partial charge in [0.05, 0.1) is 6.26 Å². The third-order valence-corrected chi connectivity index (χ3v) is 2.97. The highest BCUT2D eigenvalue weighted by Gasteiger charge is 2.18. The molecule has 0 aliphatic carbocycles. The highest BCUT2D eigenvalue weighted by atomic mass is 16.3. The van der Waals surface area contributed by atoms with Gasteiger partial charge < -0.3 is 9.32 Å². The van der Waals surface area contributed by atoms with E-state index in [2.05, 4.69) is 27.7 Å². The molecule has 0 aromatic carbocycles. The molecule has 0 aliphatic rings. The Morgan fingerprint density at radius 1 is 1.17 bits per heavy atom. The van der Waals surface area contributed by atoms with E-state index in [1.165, 1.54) is 0 Å². The molecule has 1 amide bonds. The van der Waals surface area contributed by atoms with Crippen molar-refractivity contribution in [2.45, 2.75) is 40.5 Å². The molecule has 3 nitrogen and oxygen atoms in total. The van der Waals surface area contributed by atoms with Crippen molar-refractivity contribution in [2.24, 2.45) is 11.8 Å². The fourth-order valence-corrected chi connectivity index (χ4v) is 1.70. The highest BCUT2D eigenvalue weighted by molar-refractivity contribution is 5.91. The summed E-state index contributed by atoms with van der Waals surface area (Å²) in [7, 11) is 0. The van der Waals surface area contributed by atoms with Crippen molar-refractivity contribution in [3.8, 4) is 0 Å². The third-order valence-electron chi connectivity index (χ3n) is 2.97. The third kappa shape index (κ3) is 4.94. The summed E-state index contributed by atoms with van der Waals surface area (Å²) < 4.78 is 5.20. The molecule has 0 saturated heterocycles. The van der Waals surface area contributed by atoms with Crippen LogP contribution in [0.15, 0.2) is 22.8 Å². The molecule has 0 N–H and O–H groups in total. The van der Waals surface area contributed by atoms with Gasteiger partial charge >= 0.3 is 0 Å². The van der Waals surface area contributed by atoms with E-state index < -0.39 is 0 Å². The van der Waals surface area contributed by atoms with E-state index in [0.717, 1.165) is 25.9 Å². The predicted octanol–water partition coefficient (Wildman–Crippen LogP) is 3.81. The summed E-state index contributed by atoms with van der Waals surface area (Å²) in [5.74, 6) is 1.68. The summed E-state index contributed by atoms with van der Waals surface area (Å²) in [5.41, 5.74) is 0. The molecule has 1 aromatic rings. The zero-order valence-electron chi connectivity index (χ0n) is 12.0. The molecule has 102 valence electrons.